The van der Waals surface area contributed by atoms with Crippen molar-refractivity contribution in [3.63, 3.8) is 0 Å². The van der Waals surface area contributed by atoms with E-state index in [9.17, 15) is 22.8 Å². The summed E-state index contributed by atoms with van der Waals surface area (Å²) in [5, 5.41) is 3.62. The number of benzene rings is 1. The minimum absolute atomic E-state index is 0.0550. The molecule has 2 atom stereocenters. The lowest BCUT2D eigenvalue weighted by Crippen LogP contribution is -2.51. The van der Waals surface area contributed by atoms with Gasteiger partial charge in [0, 0.05) is 70.2 Å². The Morgan fingerprint density at radius 3 is 2.48 bits per heavy atom. The Morgan fingerprint density at radius 1 is 1.05 bits per heavy atom. The Bertz CT molecular complexity index is 1700. The molecule has 0 unspecified atom stereocenters. The van der Waals surface area contributed by atoms with Crippen LogP contribution in [0.4, 0.5) is 13.2 Å². The maximum absolute atomic E-state index is 13.6. The highest BCUT2D eigenvalue weighted by molar-refractivity contribution is 5.96. The van der Waals surface area contributed by atoms with Gasteiger partial charge in [-0.05, 0) is 42.4 Å². The van der Waals surface area contributed by atoms with E-state index in [-0.39, 0.29) is 23.1 Å². The number of alkyl halides is 3. The lowest BCUT2D eigenvalue weighted by Gasteiger charge is -2.35. The van der Waals surface area contributed by atoms with Crippen LogP contribution in [0, 0.1) is 18.8 Å². The minimum atomic E-state index is -4.61. The highest BCUT2D eigenvalue weighted by Crippen LogP contribution is 2.36. The summed E-state index contributed by atoms with van der Waals surface area (Å²) in [4.78, 5) is 38.9. The molecule has 44 heavy (non-hydrogen) atoms. The molecule has 2 fully saturated rings. The maximum atomic E-state index is 13.6. The number of rotatable bonds is 6. The molecule has 1 aliphatic heterocycles. The average molecular weight is 608 g/mol. The maximum Gasteiger partial charge on any atom is 0.435 e. The minimum Gasteiger partial charge on any atom is -0.339 e. The first-order chi connectivity index (χ1) is 21.0. The standard InChI is InChI=1S/C32H36F3N7O2/c1-20-5-4-6-23(20)17-28(43)40-11-13-41(14-12-40)31(44)24-8-7-22(15-21(24)2)16-26-30-37-18-27(42(30)10-9-36-26)25-19-39(3)38-29(25)32(33,34)35/h7-10,15,18-20,23H,4-6,11-14,16-17H2,1-3H3/t20-,23+/m0/s1. The van der Waals surface area contributed by atoms with Gasteiger partial charge >= 0.3 is 6.18 Å². The van der Waals surface area contributed by atoms with Crippen LogP contribution in [-0.2, 0) is 24.4 Å². The van der Waals surface area contributed by atoms with E-state index in [1.807, 2.05) is 34.9 Å². The number of hydrogen-bond donors (Lipinski definition) is 0. The molecule has 0 radical (unpaired) electrons. The van der Waals surface area contributed by atoms with Gasteiger partial charge in [0.1, 0.15) is 0 Å². The van der Waals surface area contributed by atoms with E-state index in [1.165, 1.54) is 32.3 Å². The molecule has 9 nitrogen and oxygen atoms in total. The number of carbonyl (C=O) groups is 2. The fourth-order valence-corrected chi connectivity index (χ4v) is 6.66. The second-order valence-corrected chi connectivity index (χ2v) is 12.1. The molecule has 232 valence electrons. The first kappa shape index (κ1) is 29.8. The van der Waals surface area contributed by atoms with Crippen molar-refractivity contribution in [2.45, 2.75) is 52.1 Å². The third kappa shape index (κ3) is 5.81. The van der Waals surface area contributed by atoms with Crippen molar-refractivity contribution in [3.05, 3.63) is 71.1 Å². The molecule has 2 aliphatic rings. The molecule has 4 aromatic rings. The number of hydrogen-bond acceptors (Lipinski definition) is 5. The van der Waals surface area contributed by atoms with Crippen molar-refractivity contribution in [2.24, 2.45) is 18.9 Å². The van der Waals surface area contributed by atoms with Crippen LogP contribution in [0.25, 0.3) is 16.9 Å². The first-order valence-electron chi connectivity index (χ1n) is 15.1. The normalized spacial score (nSPS) is 19.2. The van der Waals surface area contributed by atoms with E-state index in [4.69, 9.17) is 0 Å². The summed E-state index contributed by atoms with van der Waals surface area (Å²) in [7, 11) is 1.45. The number of imidazole rings is 1. The summed E-state index contributed by atoms with van der Waals surface area (Å²) in [6, 6.07) is 5.63. The summed E-state index contributed by atoms with van der Waals surface area (Å²) in [6.45, 7) is 6.24. The second kappa shape index (κ2) is 11.7. The van der Waals surface area contributed by atoms with Crippen LogP contribution in [0.15, 0.2) is 43.0 Å². The molecule has 12 heteroatoms. The van der Waals surface area contributed by atoms with Crippen LogP contribution in [0.1, 0.15) is 65.5 Å². The van der Waals surface area contributed by atoms with E-state index in [0.29, 0.717) is 67.8 Å². The molecule has 2 amide bonds. The summed E-state index contributed by atoms with van der Waals surface area (Å²) in [6.07, 6.45) is 5.79. The molecule has 0 spiro atoms. The molecule has 6 rings (SSSR count). The van der Waals surface area contributed by atoms with Crippen LogP contribution in [-0.4, -0.2) is 71.9 Å². The number of piperazine rings is 1. The topological polar surface area (TPSA) is 88.6 Å². The predicted octanol–water partition coefficient (Wildman–Crippen LogP) is 5.16. The third-order valence-corrected chi connectivity index (χ3v) is 9.16. The number of aromatic nitrogens is 5. The molecular weight excluding hydrogens is 571 g/mol. The number of aryl methyl sites for hydroxylation is 2. The lowest BCUT2D eigenvalue weighted by molar-refractivity contribution is -0.141. The van der Waals surface area contributed by atoms with Crippen molar-refractivity contribution in [3.8, 4) is 11.3 Å². The van der Waals surface area contributed by atoms with Crippen LogP contribution in [0.2, 0.25) is 0 Å². The molecule has 1 aromatic carbocycles. The lowest BCUT2D eigenvalue weighted by atomic mass is 9.94. The fraction of sp³-hybridized carbons (Fsp3) is 0.469. The Morgan fingerprint density at radius 2 is 1.80 bits per heavy atom. The summed E-state index contributed by atoms with van der Waals surface area (Å²) in [5.74, 6) is 1.22. The van der Waals surface area contributed by atoms with Gasteiger partial charge in [-0.1, -0.05) is 31.9 Å². The fourth-order valence-electron chi connectivity index (χ4n) is 6.66. The number of carbonyl (C=O) groups excluding carboxylic acids is 2. The number of fused-ring (bicyclic) bond motifs is 1. The second-order valence-electron chi connectivity index (χ2n) is 12.1. The van der Waals surface area contributed by atoms with Gasteiger partial charge in [0.05, 0.1) is 23.1 Å². The van der Waals surface area contributed by atoms with Gasteiger partial charge in [0.2, 0.25) is 5.91 Å². The van der Waals surface area contributed by atoms with Gasteiger partial charge in [0.25, 0.3) is 5.91 Å². The smallest absolute Gasteiger partial charge is 0.339 e. The highest BCUT2D eigenvalue weighted by Gasteiger charge is 2.38. The van der Waals surface area contributed by atoms with E-state index >= 15 is 0 Å². The zero-order valence-electron chi connectivity index (χ0n) is 25.1. The van der Waals surface area contributed by atoms with Gasteiger partial charge < -0.3 is 9.80 Å². The van der Waals surface area contributed by atoms with Gasteiger partial charge in [-0.2, -0.15) is 18.3 Å². The van der Waals surface area contributed by atoms with Crippen LogP contribution < -0.4 is 0 Å². The number of halogens is 3. The summed E-state index contributed by atoms with van der Waals surface area (Å²) < 4.78 is 43.6. The van der Waals surface area contributed by atoms with Crippen LogP contribution in [0.5, 0.6) is 0 Å². The molecule has 0 bridgehead atoms. The van der Waals surface area contributed by atoms with Gasteiger partial charge in [0.15, 0.2) is 11.3 Å². The van der Waals surface area contributed by atoms with E-state index < -0.39 is 11.9 Å². The largest absolute Gasteiger partial charge is 0.435 e. The molecule has 1 saturated carbocycles. The Hall–Kier alpha value is -4.22. The van der Waals surface area contributed by atoms with Crippen molar-refractivity contribution in [1.29, 1.82) is 0 Å². The molecule has 1 aliphatic carbocycles. The molecule has 1 saturated heterocycles. The zero-order valence-corrected chi connectivity index (χ0v) is 25.1. The van der Waals surface area contributed by atoms with Crippen molar-refractivity contribution >= 4 is 17.5 Å². The summed E-state index contributed by atoms with van der Waals surface area (Å²) in [5.41, 5.74) is 2.63. The van der Waals surface area contributed by atoms with Gasteiger partial charge in [-0.15, -0.1) is 0 Å². The van der Waals surface area contributed by atoms with Gasteiger partial charge in [-0.3, -0.25) is 23.7 Å². The van der Waals surface area contributed by atoms with E-state index in [2.05, 4.69) is 22.0 Å². The quantitative estimate of drug-likeness (QED) is 0.302. The SMILES string of the molecule is Cc1cc(Cc2nccn3c(-c4cn(C)nc4C(F)(F)F)cnc23)ccc1C(=O)N1CCN(C(=O)C[C@H]2CCC[C@@H]2C)CC1. The third-order valence-electron chi connectivity index (χ3n) is 9.16. The molecular formula is C32H36F3N7O2. The summed E-state index contributed by atoms with van der Waals surface area (Å²) >= 11 is 0. The van der Waals surface area contributed by atoms with E-state index in [0.717, 1.165) is 22.2 Å². The Balaban J connectivity index is 1.13. The monoisotopic (exact) mass is 607 g/mol. The molecule has 3 aromatic heterocycles. The van der Waals surface area contributed by atoms with Crippen molar-refractivity contribution in [1.82, 2.24) is 33.9 Å². The number of amides is 2. The molecule has 0 N–H and O–H groups in total. The van der Waals surface area contributed by atoms with Crippen LogP contribution in [0.3, 0.4) is 0 Å². The number of nitrogens with zero attached hydrogens (tertiary/aromatic N) is 7. The van der Waals surface area contributed by atoms with E-state index in [1.54, 1.807) is 16.8 Å². The van der Waals surface area contributed by atoms with Crippen molar-refractivity contribution in [2.75, 3.05) is 26.2 Å². The molecule has 4 heterocycles. The predicted molar refractivity (Wildman–Crippen MR) is 158 cm³/mol. The Kier molecular flexibility index (Phi) is 7.93. The highest BCUT2D eigenvalue weighted by atomic mass is 19.4. The van der Waals surface area contributed by atoms with Crippen molar-refractivity contribution < 1.29 is 22.8 Å². The average Bonchev–Trinajstić information content (AvgIpc) is 3.71. The zero-order chi connectivity index (χ0) is 31.2. The van der Waals surface area contributed by atoms with Gasteiger partial charge in [-0.25, -0.2) is 4.98 Å². The van der Waals surface area contributed by atoms with Crippen LogP contribution >= 0.6 is 0 Å². The Labute approximate surface area is 253 Å². The first-order valence-corrected chi connectivity index (χ1v) is 15.1.